The summed E-state index contributed by atoms with van der Waals surface area (Å²) in [5, 5.41) is 0. The highest BCUT2D eigenvalue weighted by Gasteiger charge is 2.01. The van der Waals surface area contributed by atoms with Crippen LogP contribution in [0.25, 0.3) is 10.4 Å². The first kappa shape index (κ1) is 9.74. The number of pyridine rings is 1. The fraction of sp³-hybridized carbons (Fsp3) is 0.182. The minimum atomic E-state index is 1.10. The van der Waals surface area contributed by atoms with E-state index in [1.54, 1.807) is 6.20 Å². The van der Waals surface area contributed by atoms with Crippen molar-refractivity contribution in [3.63, 3.8) is 0 Å². The average molecular weight is 221 g/mol. The summed E-state index contributed by atoms with van der Waals surface area (Å²) in [6.07, 6.45) is 5.85. The fourth-order valence-corrected chi connectivity index (χ4v) is 3.02. The van der Waals surface area contributed by atoms with Gasteiger partial charge in [0, 0.05) is 33.5 Å². The molecule has 1 nitrogen and oxygen atoms in total. The van der Waals surface area contributed by atoms with Crippen LogP contribution in [-0.4, -0.2) is 11.2 Å². The maximum Gasteiger partial charge on any atom is 0.0361 e. The van der Waals surface area contributed by atoms with Crippen molar-refractivity contribution in [3.8, 4) is 10.4 Å². The van der Waals surface area contributed by atoms with Crippen LogP contribution < -0.4 is 0 Å². The zero-order valence-electron chi connectivity index (χ0n) is 7.93. The predicted octanol–water partition coefficient (Wildman–Crippen LogP) is 3.67. The zero-order chi connectivity index (χ0) is 9.80. The first-order valence-corrected chi connectivity index (χ1v) is 6.59. The van der Waals surface area contributed by atoms with Crippen molar-refractivity contribution in [1.82, 2.24) is 4.98 Å². The third-order valence-corrected chi connectivity index (χ3v) is 3.81. The Kier molecular flexibility index (Phi) is 3.22. The van der Waals surface area contributed by atoms with Crippen LogP contribution in [0.1, 0.15) is 4.88 Å². The van der Waals surface area contributed by atoms with Gasteiger partial charge in [-0.1, -0.05) is 6.07 Å². The number of nitrogens with zero attached hydrogens (tertiary/aromatic N) is 1. The number of rotatable bonds is 3. The molecule has 2 heterocycles. The molecule has 2 aromatic heterocycles. The molecule has 0 aliphatic carbocycles. The Labute approximate surface area is 92.2 Å². The number of hydrogen-bond acceptors (Lipinski definition) is 3. The van der Waals surface area contributed by atoms with Crippen molar-refractivity contribution in [2.75, 3.05) is 6.26 Å². The molecular formula is C11H11NS2. The van der Waals surface area contributed by atoms with E-state index in [4.69, 9.17) is 0 Å². The molecule has 0 unspecified atom stereocenters. The zero-order valence-corrected chi connectivity index (χ0v) is 9.57. The van der Waals surface area contributed by atoms with Crippen molar-refractivity contribution < 1.29 is 0 Å². The third-order valence-electron chi connectivity index (χ3n) is 1.89. The van der Waals surface area contributed by atoms with Gasteiger partial charge in [-0.15, -0.1) is 11.3 Å². The number of thioether (sulfide) groups is 1. The molecular weight excluding hydrogens is 210 g/mol. The Bertz CT molecular complexity index is 395. The molecule has 2 aromatic rings. The van der Waals surface area contributed by atoms with Gasteiger partial charge < -0.3 is 0 Å². The molecule has 0 N–H and O–H groups in total. The molecule has 0 saturated carbocycles. The monoisotopic (exact) mass is 221 g/mol. The van der Waals surface area contributed by atoms with Crippen molar-refractivity contribution >= 4 is 23.1 Å². The number of thiophene rings is 1. The van der Waals surface area contributed by atoms with E-state index in [0.717, 1.165) is 5.75 Å². The van der Waals surface area contributed by atoms with Gasteiger partial charge in [0.25, 0.3) is 0 Å². The minimum absolute atomic E-state index is 1.10. The summed E-state index contributed by atoms with van der Waals surface area (Å²) < 4.78 is 0. The summed E-state index contributed by atoms with van der Waals surface area (Å²) in [6.45, 7) is 0. The predicted molar refractivity (Wildman–Crippen MR) is 64.8 cm³/mol. The largest absolute Gasteiger partial charge is 0.264 e. The molecule has 0 saturated heterocycles. The Morgan fingerprint density at radius 3 is 3.00 bits per heavy atom. The van der Waals surface area contributed by atoms with Crippen molar-refractivity contribution in [2.45, 2.75) is 5.75 Å². The van der Waals surface area contributed by atoms with Gasteiger partial charge in [0.15, 0.2) is 0 Å². The molecule has 0 aromatic carbocycles. The molecule has 0 aliphatic rings. The Morgan fingerprint density at radius 2 is 2.29 bits per heavy atom. The summed E-state index contributed by atoms with van der Waals surface area (Å²) in [5.74, 6) is 1.10. The van der Waals surface area contributed by atoms with Gasteiger partial charge in [0.05, 0.1) is 0 Å². The first-order valence-electron chi connectivity index (χ1n) is 4.38. The standard InChI is InChI=1S/C11H11NS2/c1-13-8-10-4-5-11(14-10)9-3-2-6-12-7-9/h2-7H,8H2,1H3. The smallest absolute Gasteiger partial charge is 0.0361 e. The van der Waals surface area contributed by atoms with Crippen LogP contribution in [0, 0.1) is 0 Å². The van der Waals surface area contributed by atoms with Gasteiger partial charge in [-0.25, -0.2) is 0 Å². The van der Waals surface area contributed by atoms with E-state index in [1.807, 2.05) is 35.4 Å². The second-order valence-electron chi connectivity index (χ2n) is 2.94. The average Bonchev–Trinajstić information content (AvgIpc) is 2.68. The summed E-state index contributed by atoms with van der Waals surface area (Å²) in [6, 6.07) is 8.45. The van der Waals surface area contributed by atoms with Crippen molar-refractivity contribution in [3.05, 3.63) is 41.5 Å². The summed E-state index contributed by atoms with van der Waals surface area (Å²) >= 11 is 3.71. The van der Waals surface area contributed by atoms with E-state index in [1.165, 1.54) is 15.3 Å². The number of hydrogen-bond donors (Lipinski definition) is 0. The molecule has 0 amide bonds. The number of aromatic nitrogens is 1. The first-order chi connectivity index (χ1) is 6.90. The van der Waals surface area contributed by atoms with E-state index in [9.17, 15) is 0 Å². The maximum atomic E-state index is 4.12. The molecule has 0 spiro atoms. The Morgan fingerprint density at radius 1 is 1.36 bits per heavy atom. The van der Waals surface area contributed by atoms with Gasteiger partial charge in [0.1, 0.15) is 0 Å². The van der Waals surface area contributed by atoms with E-state index in [0.29, 0.717) is 0 Å². The fourth-order valence-electron chi connectivity index (χ4n) is 1.26. The third kappa shape index (κ3) is 2.16. The van der Waals surface area contributed by atoms with Gasteiger partial charge in [-0.05, 0) is 24.5 Å². The molecule has 72 valence electrons. The molecule has 0 atom stereocenters. The van der Waals surface area contributed by atoms with Crippen LogP contribution in [-0.2, 0) is 5.75 Å². The summed E-state index contributed by atoms with van der Waals surface area (Å²) in [7, 11) is 0. The molecule has 14 heavy (non-hydrogen) atoms. The molecule has 0 aliphatic heterocycles. The Hall–Kier alpha value is -0.800. The highest BCUT2D eigenvalue weighted by molar-refractivity contribution is 7.97. The lowest BCUT2D eigenvalue weighted by Gasteiger charge is -1.94. The lowest BCUT2D eigenvalue weighted by atomic mass is 10.2. The molecule has 0 radical (unpaired) electrons. The van der Waals surface area contributed by atoms with E-state index in [2.05, 4.69) is 29.4 Å². The van der Waals surface area contributed by atoms with E-state index < -0.39 is 0 Å². The Balaban J connectivity index is 2.25. The van der Waals surface area contributed by atoms with Gasteiger partial charge in [-0.3, -0.25) is 4.98 Å². The highest BCUT2D eigenvalue weighted by Crippen LogP contribution is 2.28. The lowest BCUT2D eigenvalue weighted by Crippen LogP contribution is -1.72. The normalized spacial score (nSPS) is 10.4. The van der Waals surface area contributed by atoms with Gasteiger partial charge in [0.2, 0.25) is 0 Å². The second-order valence-corrected chi connectivity index (χ2v) is 4.98. The second kappa shape index (κ2) is 4.62. The van der Waals surface area contributed by atoms with Crippen LogP contribution in [0.15, 0.2) is 36.7 Å². The topological polar surface area (TPSA) is 12.9 Å². The van der Waals surface area contributed by atoms with Crippen LogP contribution in [0.5, 0.6) is 0 Å². The van der Waals surface area contributed by atoms with Gasteiger partial charge >= 0.3 is 0 Å². The summed E-state index contributed by atoms with van der Waals surface area (Å²) in [5.41, 5.74) is 1.21. The van der Waals surface area contributed by atoms with Gasteiger partial charge in [-0.2, -0.15) is 11.8 Å². The molecule has 0 bridgehead atoms. The van der Waals surface area contributed by atoms with Crippen molar-refractivity contribution in [2.24, 2.45) is 0 Å². The molecule has 0 fully saturated rings. The van der Waals surface area contributed by atoms with Crippen LogP contribution >= 0.6 is 23.1 Å². The molecule has 2 rings (SSSR count). The lowest BCUT2D eigenvalue weighted by molar-refractivity contribution is 1.33. The highest BCUT2D eigenvalue weighted by atomic mass is 32.2. The minimum Gasteiger partial charge on any atom is -0.264 e. The molecule has 3 heteroatoms. The van der Waals surface area contributed by atoms with Crippen LogP contribution in [0.3, 0.4) is 0 Å². The maximum absolute atomic E-state index is 4.12. The van der Waals surface area contributed by atoms with E-state index >= 15 is 0 Å². The van der Waals surface area contributed by atoms with Crippen molar-refractivity contribution in [1.29, 1.82) is 0 Å². The van der Waals surface area contributed by atoms with Crippen LogP contribution in [0.2, 0.25) is 0 Å². The quantitative estimate of drug-likeness (QED) is 0.784. The van der Waals surface area contributed by atoms with E-state index in [-0.39, 0.29) is 0 Å². The SMILES string of the molecule is CSCc1ccc(-c2cccnc2)s1. The van der Waals surface area contributed by atoms with Crippen LogP contribution in [0.4, 0.5) is 0 Å². The summed E-state index contributed by atoms with van der Waals surface area (Å²) in [4.78, 5) is 6.85.